The third-order valence-corrected chi connectivity index (χ3v) is 2.16. The van der Waals surface area contributed by atoms with Gasteiger partial charge in [0, 0.05) is 0 Å². The number of hydrogen-bond donors (Lipinski definition) is 0. The Morgan fingerprint density at radius 3 is 2.20 bits per heavy atom. The first kappa shape index (κ1) is 9.93. The van der Waals surface area contributed by atoms with E-state index < -0.39 is 5.67 Å². The molecule has 0 saturated heterocycles. The van der Waals surface area contributed by atoms with Crippen molar-refractivity contribution in [1.29, 1.82) is 0 Å². The zero-order valence-corrected chi connectivity index (χ0v) is 7.58. The van der Waals surface area contributed by atoms with Crippen molar-refractivity contribution in [2.24, 2.45) is 5.92 Å². The van der Waals surface area contributed by atoms with Gasteiger partial charge in [-0.3, -0.25) is 0 Å². The molecule has 0 rings (SSSR count). The van der Waals surface area contributed by atoms with Gasteiger partial charge in [0.15, 0.2) is 0 Å². The van der Waals surface area contributed by atoms with Crippen molar-refractivity contribution in [3.8, 4) is 0 Å². The summed E-state index contributed by atoms with van der Waals surface area (Å²) in [5, 5.41) is 0. The molecule has 62 valence electrons. The molecule has 0 spiro atoms. The topological polar surface area (TPSA) is 0 Å². The van der Waals surface area contributed by atoms with E-state index in [0.717, 1.165) is 12.8 Å². The molecule has 0 heterocycles. The van der Waals surface area contributed by atoms with Gasteiger partial charge in [-0.1, -0.05) is 26.7 Å². The predicted molar refractivity (Wildman–Crippen MR) is 43.9 cm³/mol. The van der Waals surface area contributed by atoms with Gasteiger partial charge in [0.1, 0.15) is 5.67 Å². The molecule has 0 aromatic carbocycles. The maximum atomic E-state index is 13.1. The van der Waals surface area contributed by atoms with E-state index >= 15 is 0 Å². The molecule has 0 nitrogen and oxygen atoms in total. The van der Waals surface area contributed by atoms with Crippen LogP contribution in [0.15, 0.2) is 0 Å². The quantitative estimate of drug-likeness (QED) is 0.569. The van der Waals surface area contributed by atoms with E-state index in [4.69, 9.17) is 0 Å². The molecule has 0 aliphatic rings. The first-order valence-corrected chi connectivity index (χ1v) is 4.17. The monoisotopic (exact) mass is 146 g/mol. The van der Waals surface area contributed by atoms with Gasteiger partial charge >= 0.3 is 0 Å². The summed E-state index contributed by atoms with van der Waals surface area (Å²) < 4.78 is 13.1. The van der Waals surface area contributed by atoms with Gasteiger partial charge in [-0.2, -0.15) is 0 Å². The van der Waals surface area contributed by atoms with E-state index in [1.54, 1.807) is 13.8 Å². The minimum absolute atomic E-state index is 0.201. The molecule has 0 aromatic heterocycles. The SMILES string of the molecule is CCCCC(C)C(C)(C)F. The average Bonchev–Trinajstić information content (AvgIpc) is 1.80. The summed E-state index contributed by atoms with van der Waals surface area (Å²) >= 11 is 0. The molecule has 1 unspecified atom stereocenters. The van der Waals surface area contributed by atoms with Gasteiger partial charge in [-0.15, -0.1) is 0 Å². The van der Waals surface area contributed by atoms with Gasteiger partial charge in [-0.05, 0) is 26.2 Å². The van der Waals surface area contributed by atoms with Crippen molar-refractivity contribution in [3.05, 3.63) is 0 Å². The first-order chi connectivity index (χ1) is 4.48. The second-order valence-corrected chi connectivity index (χ2v) is 3.61. The van der Waals surface area contributed by atoms with Gasteiger partial charge in [-0.25, -0.2) is 4.39 Å². The molecule has 0 aliphatic carbocycles. The van der Waals surface area contributed by atoms with Crippen LogP contribution in [0, 0.1) is 5.92 Å². The smallest absolute Gasteiger partial charge is 0.108 e. The second-order valence-electron chi connectivity index (χ2n) is 3.61. The molecule has 0 bridgehead atoms. The highest BCUT2D eigenvalue weighted by Gasteiger charge is 2.23. The fourth-order valence-corrected chi connectivity index (χ4v) is 0.854. The standard InChI is InChI=1S/C9H19F/c1-5-6-7-8(2)9(3,4)10/h8H,5-7H2,1-4H3. The van der Waals surface area contributed by atoms with E-state index in [-0.39, 0.29) is 5.92 Å². The molecule has 0 radical (unpaired) electrons. The fourth-order valence-electron chi connectivity index (χ4n) is 0.854. The van der Waals surface area contributed by atoms with Crippen LogP contribution in [0.4, 0.5) is 4.39 Å². The molecular formula is C9H19F. The predicted octanol–water partition coefficient (Wildman–Crippen LogP) is 3.56. The van der Waals surface area contributed by atoms with Crippen LogP contribution in [0.3, 0.4) is 0 Å². The number of hydrogen-bond acceptors (Lipinski definition) is 0. The van der Waals surface area contributed by atoms with Crippen molar-refractivity contribution >= 4 is 0 Å². The fraction of sp³-hybridized carbons (Fsp3) is 1.00. The maximum absolute atomic E-state index is 13.1. The van der Waals surface area contributed by atoms with E-state index in [2.05, 4.69) is 6.92 Å². The number of halogens is 1. The van der Waals surface area contributed by atoms with Gasteiger partial charge in [0.25, 0.3) is 0 Å². The summed E-state index contributed by atoms with van der Waals surface area (Å²) in [6, 6.07) is 0. The van der Waals surface area contributed by atoms with E-state index in [1.807, 2.05) is 6.92 Å². The van der Waals surface area contributed by atoms with Crippen LogP contribution >= 0.6 is 0 Å². The Kier molecular flexibility index (Phi) is 3.92. The second kappa shape index (κ2) is 3.95. The Morgan fingerprint density at radius 1 is 1.40 bits per heavy atom. The van der Waals surface area contributed by atoms with Crippen molar-refractivity contribution in [3.63, 3.8) is 0 Å². The Hall–Kier alpha value is -0.0700. The van der Waals surface area contributed by atoms with E-state index in [9.17, 15) is 4.39 Å². The number of alkyl halides is 1. The van der Waals surface area contributed by atoms with Gasteiger partial charge in [0.05, 0.1) is 0 Å². The third kappa shape index (κ3) is 3.86. The normalized spacial score (nSPS) is 15.3. The minimum atomic E-state index is -0.991. The van der Waals surface area contributed by atoms with Crippen LogP contribution in [0.2, 0.25) is 0 Å². The molecule has 0 saturated carbocycles. The zero-order valence-electron chi connectivity index (χ0n) is 7.58. The number of rotatable bonds is 4. The lowest BCUT2D eigenvalue weighted by Crippen LogP contribution is -2.22. The summed E-state index contributed by atoms with van der Waals surface area (Å²) in [5.74, 6) is 0.201. The van der Waals surface area contributed by atoms with E-state index in [0.29, 0.717) is 0 Å². The van der Waals surface area contributed by atoms with Crippen molar-refractivity contribution < 1.29 is 4.39 Å². The summed E-state index contributed by atoms with van der Waals surface area (Å²) in [7, 11) is 0. The average molecular weight is 146 g/mol. The molecule has 1 atom stereocenters. The molecule has 0 amide bonds. The lowest BCUT2D eigenvalue weighted by molar-refractivity contribution is 0.128. The van der Waals surface area contributed by atoms with Gasteiger partial charge < -0.3 is 0 Å². The van der Waals surface area contributed by atoms with Crippen LogP contribution < -0.4 is 0 Å². The van der Waals surface area contributed by atoms with Crippen LogP contribution in [0.1, 0.15) is 47.0 Å². The Balaban J connectivity index is 3.52. The first-order valence-electron chi connectivity index (χ1n) is 4.17. The lowest BCUT2D eigenvalue weighted by atomic mass is 9.90. The van der Waals surface area contributed by atoms with Crippen LogP contribution in [0.25, 0.3) is 0 Å². The summed E-state index contributed by atoms with van der Waals surface area (Å²) in [6.45, 7) is 7.44. The van der Waals surface area contributed by atoms with E-state index in [1.165, 1.54) is 6.42 Å². The summed E-state index contributed by atoms with van der Waals surface area (Å²) in [4.78, 5) is 0. The third-order valence-electron chi connectivity index (χ3n) is 2.16. The largest absolute Gasteiger partial charge is 0.244 e. The van der Waals surface area contributed by atoms with Crippen LogP contribution in [-0.4, -0.2) is 5.67 Å². The molecular weight excluding hydrogens is 127 g/mol. The van der Waals surface area contributed by atoms with Crippen molar-refractivity contribution in [2.45, 2.75) is 52.6 Å². The van der Waals surface area contributed by atoms with Crippen molar-refractivity contribution in [2.75, 3.05) is 0 Å². The maximum Gasteiger partial charge on any atom is 0.108 e. The molecule has 10 heavy (non-hydrogen) atoms. The van der Waals surface area contributed by atoms with Gasteiger partial charge in [0.2, 0.25) is 0 Å². The molecule has 0 N–H and O–H groups in total. The highest BCUT2D eigenvalue weighted by atomic mass is 19.1. The Morgan fingerprint density at radius 2 is 1.90 bits per heavy atom. The summed E-state index contributed by atoms with van der Waals surface area (Å²) in [6.07, 6.45) is 3.33. The Bertz CT molecular complexity index is 81.2. The highest BCUT2D eigenvalue weighted by Crippen LogP contribution is 2.25. The van der Waals surface area contributed by atoms with Crippen LogP contribution in [0.5, 0.6) is 0 Å². The molecule has 0 aromatic rings. The lowest BCUT2D eigenvalue weighted by Gasteiger charge is -2.22. The zero-order chi connectivity index (χ0) is 8.20. The van der Waals surface area contributed by atoms with Crippen LogP contribution in [-0.2, 0) is 0 Å². The molecule has 1 heteroatoms. The Labute approximate surface area is 63.8 Å². The van der Waals surface area contributed by atoms with Crippen molar-refractivity contribution in [1.82, 2.24) is 0 Å². The molecule has 0 fully saturated rings. The minimum Gasteiger partial charge on any atom is -0.244 e. The number of unbranched alkanes of at least 4 members (excludes halogenated alkanes) is 1. The molecule has 0 aliphatic heterocycles. The highest BCUT2D eigenvalue weighted by molar-refractivity contribution is 4.73. The summed E-state index contributed by atoms with van der Waals surface area (Å²) in [5.41, 5.74) is -0.991.